The molecule has 1 fully saturated rings. The van der Waals surface area contributed by atoms with Crippen molar-refractivity contribution in [2.24, 2.45) is 4.99 Å². The van der Waals surface area contributed by atoms with E-state index < -0.39 is 11.6 Å². The molecule has 206 valence electrons. The number of benzene rings is 2. The summed E-state index contributed by atoms with van der Waals surface area (Å²) in [4.78, 5) is 21.6. The number of carbonyl (C=O) groups excluding carboxylic acids is 1. The highest BCUT2D eigenvalue weighted by Crippen LogP contribution is 2.41. The topological polar surface area (TPSA) is 91.0 Å². The van der Waals surface area contributed by atoms with Crippen molar-refractivity contribution in [1.29, 1.82) is 0 Å². The van der Waals surface area contributed by atoms with Gasteiger partial charge in [0.25, 0.3) is 5.91 Å². The molecule has 2 aliphatic rings. The van der Waals surface area contributed by atoms with Crippen LogP contribution in [-0.2, 0) is 11.3 Å². The van der Waals surface area contributed by atoms with E-state index in [0.29, 0.717) is 12.4 Å². The Labute approximate surface area is 235 Å². The van der Waals surface area contributed by atoms with Crippen molar-refractivity contribution >= 4 is 29.6 Å². The number of carbonyl (C=O) groups is 1. The molecule has 7 nitrogen and oxygen atoms in total. The second-order valence-corrected chi connectivity index (χ2v) is 11.6. The van der Waals surface area contributed by atoms with E-state index in [0.717, 1.165) is 89.2 Å². The largest absolute Gasteiger partial charge is 0.389 e. The van der Waals surface area contributed by atoms with Gasteiger partial charge in [0.15, 0.2) is 0 Å². The molecular weight excluding hydrogens is 508 g/mol. The number of aliphatic imine (C=N–C) groups is 1. The number of rotatable bonds is 10. The van der Waals surface area contributed by atoms with E-state index in [1.54, 1.807) is 6.92 Å². The zero-order chi connectivity index (χ0) is 27.6. The molecule has 1 aliphatic carbocycles. The molecule has 1 atom stereocenters. The number of hydrogen-bond donors (Lipinski definition) is 2. The predicted molar refractivity (Wildman–Crippen MR) is 157 cm³/mol. The van der Waals surface area contributed by atoms with Crippen LogP contribution in [0.5, 0.6) is 0 Å². The monoisotopic (exact) mass is 546 g/mol. The molecule has 3 aromatic rings. The van der Waals surface area contributed by atoms with Crippen molar-refractivity contribution in [3.8, 4) is 11.1 Å². The third kappa shape index (κ3) is 5.50. The highest BCUT2D eigenvalue weighted by atomic mass is 32.2. The molecule has 1 unspecified atom stereocenters. The Kier molecular flexibility index (Phi) is 8.14. The van der Waals surface area contributed by atoms with Gasteiger partial charge in [0, 0.05) is 16.9 Å². The van der Waals surface area contributed by atoms with Crippen LogP contribution in [0.25, 0.3) is 11.1 Å². The number of nitrogens with zero attached hydrogens (tertiary/aromatic N) is 3. The van der Waals surface area contributed by atoms with Gasteiger partial charge in [0.2, 0.25) is 5.88 Å². The Bertz CT molecular complexity index is 1370. The number of aromatic nitrogens is 1. The van der Waals surface area contributed by atoms with Crippen LogP contribution in [0.2, 0.25) is 0 Å². The zero-order valence-electron chi connectivity index (χ0n) is 23.3. The molecule has 2 N–H and O–H groups in total. The summed E-state index contributed by atoms with van der Waals surface area (Å²) < 4.78 is 8.70. The maximum absolute atomic E-state index is 13.6. The molecule has 8 heteroatoms. The number of hydrogen-bond acceptors (Lipinski definition) is 7. The minimum Gasteiger partial charge on any atom is -0.389 e. The Balaban J connectivity index is 1.42. The molecule has 1 aliphatic heterocycles. The first-order valence-corrected chi connectivity index (χ1v) is 14.8. The van der Waals surface area contributed by atoms with E-state index in [1.807, 2.05) is 43.0 Å². The molecule has 2 aromatic carbocycles. The van der Waals surface area contributed by atoms with E-state index in [2.05, 4.69) is 35.0 Å². The van der Waals surface area contributed by atoms with Crippen LogP contribution in [0.1, 0.15) is 87.3 Å². The number of aliphatic hydroxyl groups excluding tert-OH is 1. The van der Waals surface area contributed by atoms with E-state index in [-0.39, 0.29) is 5.91 Å². The molecule has 1 amide bonds. The Morgan fingerprint density at radius 3 is 2.62 bits per heavy atom. The molecule has 0 radical (unpaired) electrons. The molecule has 5 rings (SSSR count). The van der Waals surface area contributed by atoms with E-state index >= 15 is 0 Å². The first-order valence-electron chi connectivity index (χ1n) is 14.0. The quantitative estimate of drug-likeness (QED) is 0.258. The van der Waals surface area contributed by atoms with E-state index in [4.69, 9.17) is 9.52 Å². The lowest BCUT2D eigenvalue weighted by atomic mass is 9.94. The van der Waals surface area contributed by atoms with Gasteiger partial charge in [-0.1, -0.05) is 67.7 Å². The number of unbranched alkanes of at least 4 members (excludes halogenated alkanes) is 1. The highest BCUT2D eigenvalue weighted by Gasteiger charge is 2.49. The van der Waals surface area contributed by atoms with Gasteiger partial charge < -0.3 is 9.63 Å². The Hall–Kier alpha value is -3.10. The number of anilines is 1. The number of aryl methyl sites for hydroxylation is 1. The number of aliphatic hydroxyl groups is 1. The summed E-state index contributed by atoms with van der Waals surface area (Å²) in [5.74, 6) is 1.71. The Morgan fingerprint density at radius 1 is 1.15 bits per heavy atom. The average molecular weight is 547 g/mol. The third-order valence-corrected chi connectivity index (χ3v) is 8.84. The smallest absolute Gasteiger partial charge is 0.256 e. The average Bonchev–Trinajstić information content (AvgIpc) is 3.61. The van der Waals surface area contributed by atoms with Crippen LogP contribution in [0.15, 0.2) is 56.9 Å². The molecule has 1 spiro atoms. The fourth-order valence-corrected chi connectivity index (χ4v) is 6.40. The summed E-state index contributed by atoms with van der Waals surface area (Å²) >= 11 is 1.46. The standard InChI is InChI=1S/C31H38N4O3S/c1-5-6-13-28-32-31(16-9-10-17-31)30(37)35(28)19-23-14-15-24(26(18-23)22(4)36)25-11-7-8-12-27(25)39-34-29-20(2)21(3)33-38-29/h7-8,11-12,14-15,18,22,34,36H,5-6,9-10,13,16-17,19H2,1-4H3. The van der Waals surface area contributed by atoms with Crippen molar-refractivity contribution in [2.45, 2.75) is 95.7 Å². The van der Waals surface area contributed by atoms with Gasteiger partial charge in [0.05, 0.1) is 18.3 Å². The van der Waals surface area contributed by atoms with Crippen LogP contribution < -0.4 is 4.72 Å². The summed E-state index contributed by atoms with van der Waals surface area (Å²) in [7, 11) is 0. The van der Waals surface area contributed by atoms with Crippen molar-refractivity contribution in [3.63, 3.8) is 0 Å². The van der Waals surface area contributed by atoms with E-state index in [9.17, 15) is 9.90 Å². The first-order chi connectivity index (χ1) is 18.8. The zero-order valence-corrected chi connectivity index (χ0v) is 24.1. The van der Waals surface area contributed by atoms with E-state index in [1.165, 1.54) is 11.9 Å². The molecule has 1 saturated carbocycles. The van der Waals surface area contributed by atoms with Crippen LogP contribution >= 0.6 is 11.9 Å². The fraction of sp³-hybridized carbons (Fsp3) is 0.452. The van der Waals surface area contributed by atoms with Gasteiger partial charge in [-0.3, -0.25) is 19.4 Å². The van der Waals surface area contributed by atoms with Gasteiger partial charge in [-0.2, -0.15) is 0 Å². The maximum atomic E-state index is 13.6. The number of nitrogens with one attached hydrogen (secondary N) is 1. The second-order valence-electron chi connectivity index (χ2n) is 10.8. The van der Waals surface area contributed by atoms with Crippen molar-refractivity contribution in [3.05, 3.63) is 64.8 Å². The summed E-state index contributed by atoms with van der Waals surface area (Å²) in [5, 5.41) is 14.9. The third-order valence-electron chi connectivity index (χ3n) is 7.98. The molecule has 39 heavy (non-hydrogen) atoms. The fourth-order valence-electron chi connectivity index (χ4n) is 5.57. The SMILES string of the molecule is CCCCC1=NC2(CCCC2)C(=O)N1Cc1ccc(-c2ccccc2SNc2onc(C)c2C)c(C(C)O)c1. The molecule has 0 bridgehead atoms. The van der Waals surface area contributed by atoms with Crippen LogP contribution in [0.4, 0.5) is 5.88 Å². The van der Waals surface area contributed by atoms with Crippen molar-refractivity contribution in [2.75, 3.05) is 4.72 Å². The minimum absolute atomic E-state index is 0.152. The van der Waals surface area contributed by atoms with Gasteiger partial charge in [-0.05, 0) is 80.3 Å². The van der Waals surface area contributed by atoms with Crippen molar-refractivity contribution < 1.29 is 14.4 Å². The van der Waals surface area contributed by atoms with Crippen LogP contribution in [0.3, 0.4) is 0 Å². The van der Waals surface area contributed by atoms with Crippen molar-refractivity contribution in [1.82, 2.24) is 10.1 Å². The molecule has 1 aromatic heterocycles. The summed E-state index contributed by atoms with van der Waals surface area (Å²) in [6.07, 6.45) is 6.07. The second kappa shape index (κ2) is 11.6. The summed E-state index contributed by atoms with van der Waals surface area (Å²) in [6, 6.07) is 14.3. The molecule has 2 heterocycles. The minimum atomic E-state index is -0.672. The number of amidine groups is 1. The molecule has 0 saturated heterocycles. The summed E-state index contributed by atoms with van der Waals surface area (Å²) in [5.41, 5.74) is 5.10. The van der Waals surface area contributed by atoms with Gasteiger partial charge in [-0.15, -0.1) is 0 Å². The number of amides is 1. The Morgan fingerprint density at radius 2 is 1.92 bits per heavy atom. The maximum Gasteiger partial charge on any atom is 0.256 e. The normalized spacial score (nSPS) is 17.2. The highest BCUT2D eigenvalue weighted by molar-refractivity contribution is 8.00. The van der Waals surface area contributed by atoms with Crippen LogP contribution in [-0.4, -0.2) is 32.4 Å². The predicted octanol–water partition coefficient (Wildman–Crippen LogP) is 7.37. The van der Waals surface area contributed by atoms with Gasteiger partial charge >= 0.3 is 0 Å². The lowest BCUT2D eigenvalue weighted by molar-refractivity contribution is -0.131. The van der Waals surface area contributed by atoms with Gasteiger partial charge in [0.1, 0.15) is 11.4 Å². The lowest BCUT2D eigenvalue weighted by Crippen LogP contribution is -2.40. The lowest BCUT2D eigenvalue weighted by Gasteiger charge is -2.24. The van der Waals surface area contributed by atoms with Gasteiger partial charge in [-0.25, -0.2) is 0 Å². The first kappa shape index (κ1) is 27.5. The van der Waals surface area contributed by atoms with Crippen LogP contribution in [0, 0.1) is 13.8 Å². The summed E-state index contributed by atoms with van der Waals surface area (Å²) in [6.45, 7) is 8.33. The molecular formula is C31H38N4O3S.